The molecule has 2 aliphatic carbocycles. The van der Waals surface area contributed by atoms with Gasteiger partial charge in [0, 0.05) is 21.5 Å². The third kappa shape index (κ3) is 4.00. The van der Waals surface area contributed by atoms with E-state index in [0.29, 0.717) is 0 Å². The van der Waals surface area contributed by atoms with Crippen LogP contribution in [0.1, 0.15) is 22.3 Å². The van der Waals surface area contributed by atoms with Crippen LogP contribution in [0.4, 0.5) is 0 Å². The zero-order chi connectivity index (χ0) is 38.4. The molecule has 0 aliphatic heterocycles. The molecule has 0 N–H and O–H groups in total. The van der Waals surface area contributed by atoms with E-state index in [1.54, 1.807) is 0 Å². The summed E-state index contributed by atoms with van der Waals surface area (Å²) in [6.07, 6.45) is 0. The molecule has 59 heavy (non-hydrogen) atoms. The van der Waals surface area contributed by atoms with Crippen molar-refractivity contribution in [3.8, 4) is 44.5 Å². The molecule has 2 aliphatic rings. The monoisotopic (exact) mass is 748 g/mol. The van der Waals surface area contributed by atoms with Gasteiger partial charge in [0.2, 0.25) is 0 Å². The van der Waals surface area contributed by atoms with Gasteiger partial charge in [0.1, 0.15) is 22.3 Å². The first-order valence-corrected chi connectivity index (χ1v) is 20.4. The zero-order valence-corrected chi connectivity index (χ0v) is 31.8. The van der Waals surface area contributed by atoms with Crippen LogP contribution in [0, 0.1) is 0 Å². The predicted octanol–water partition coefficient (Wildman–Crippen LogP) is 15.5. The Labute approximate surface area is 339 Å². The smallest absolute Gasteiger partial charge is 0.136 e. The van der Waals surface area contributed by atoms with Crippen LogP contribution in [0.15, 0.2) is 203 Å². The average Bonchev–Trinajstić information content (AvgIpc) is 4.02. The lowest BCUT2D eigenvalue weighted by molar-refractivity contribution is 0.669. The summed E-state index contributed by atoms with van der Waals surface area (Å²) in [6.45, 7) is 0. The van der Waals surface area contributed by atoms with Gasteiger partial charge < -0.3 is 8.83 Å². The van der Waals surface area contributed by atoms with E-state index >= 15 is 0 Å². The van der Waals surface area contributed by atoms with Crippen LogP contribution >= 0.6 is 0 Å². The summed E-state index contributed by atoms with van der Waals surface area (Å²) in [6, 6.07) is 71.5. The van der Waals surface area contributed by atoms with Gasteiger partial charge in [0.15, 0.2) is 0 Å². The average molecular weight is 749 g/mol. The van der Waals surface area contributed by atoms with Crippen molar-refractivity contribution >= 4 is 65.4 Å². The molecule has 12 aromatic rings. The van der Waals surface area contributed by atoms with Gasteiger partial charge in [-0.3, -0.25) is 0 Å². The van der Waals surface area contributed by atoms with Crippen molar-refractivity contribution in [1.29, 1.82) is 0 Å². The molecule has 0 radical (unpaired) electrons. The molecule has 0 atom stereocenters. The van der Waals surface area contributed by atoms with Crippen molar-refractivity contribution in [1.82, 2.24) is 0 Å². The molecule has 2 nitrogen and oxygen atoms in total. The number of para-hydroxylation sites is 1. The van der Waals surface area contributed by atoms with Crippen LogP contribution in [0.5, 0.6) is 0 Å². The quantitative estimate of drug-likeness (QED) is 0.176. The van der Waals surface area contributed by atoms with Gasteiger partial charge in [-0.1, -0.05) is 146 Å². The molecule has 0 saturated carbocycles. The van der Waals surface area contributed by atoms with E-state index in [1.807, 2.05) is 6.07 Å². The van der Waals surface area contributed by atoms with Crippen molar-refractivity contribution < 1.29 is 8.83 Å². The van der Waals surface area contributed by atoms with Gasteiger partial charge in [0.25, 0.3) is 0 Å². The SMILES string of the molecule is c1ccc2c(c1)-c1ccccc1C21c2cc(-c3cccc4oc5cc6ccccc6cc5c34)ccc2-c2c1cc1ccccc1c2-c1ccc2oc3ccccc3c2c1. The highest BCUT2D eigenvalue weighted by Gasteiger charge is 2.52. The standard InChI is InChI=1S/C57H32O2/c1-2-13-34-32-53-45(28-33(34)12-1)55-39(19-11-23-52(55)59-53)36-24-26-43-48(30-36)57(46-20-8-5-16-40(46)41-17-6-9-21-47(41)57)49-31-35-14-3-4-15-38(35)54(56(43)49)37-25-27-51-44(29-37)42-18-7-10-22-50(42)58-51/h1-32H. The topological polar surface area (TPSA) is 26.3 Å². The van der Waals surface area contributed by atoms with Crippen LogP contribution in [0.3, 0.4) is 0 Å². The molecule has 0 fully saturated rings. The summed E-state index contributed by atoms with van der Waals surface area (Å²) in [7, 11) is 0. The van der Waals surface area contributed by atoms with Gasteiger partial charge in [-0.2, -0.15) is 0 Å². The normalized spacial score (nSPS) is 13.6. The molecule has 10 aromatic carbocycles. The summed E-state index contributed by atoms with van der Waals surface area (Å²) in [4.78, 5) is 0. The highest BCUT2D eigenvalue weighted by Crippen LogP contribution is 2.65. The van der Waals surface area contributed by atoms with Crippen LogP contribution in [0.2, 0.25) is 0 Å². The zero-order valence-electron chi connectivity index (χ0n) is 31.8. The van der Waals surface area contributed by atoms with E-state index in [0.717, 1.165) is 43.9 Å². The lowest BCUT2D eigenvalue weighted by Gasteiger charge is -2.31. The molecular formula is C57H32O2. The maximum atomic E-state index is 6.61. The maximum Gasteiger partial charge on any atom is 0.136 e. The molecule has 0 bridgehead atoms. The molecule has 2 heteroatoms. The highest BCUT2D eigenvalue weighted by atomic mass is 16.3. The van der Waals surface area contributed by atoms with Crippen LogP contribution in [-0.2, 0) is 5.41 Å². The predicted molar refractivity (Wildman–Crippen MR) is 243 cm³/mol. The fourth-order valence-corrected chi connectivity index (χ4v) is 11.1. The number of rotatable bonds is 2. The molecule has 0 unspecified atom stereocenters. The number of furan rings is 2. The van der Waals surface area contributed by atoms with Gasteiger partial charge in [-0.15, -0.1) is 0 Å². The Bertz CT molecular complexity index is 3750. The number of fused-ring (bicyclic) bond motifs is 18. The van der Waals surface area contributed by atoms with Gasteiger partial charge in [-0.05, 0) is 137 Å². The molecule has 2 heterocycles. The van der Waals surface area contributed by atoms with Crippen molar-refractivity contribution in [2.24, 2.45) is 0 Å². The van der Waals surface area contributed by atoms with E-state index < -0.39 is 5.41 Å². The Morgan fingerprint density at radius 2 is 0.915 bits per heavy atom. The molecule has 1 spiro atoms. The summed E-state index contributed by atoms with van der Waals surface area (Å²) in [5, 5.41) is 9.42. The minimum Gasteiger partial charge on any atom is -0.456 e. The Kier molecular flexibility index (Phi) is 5.99. The first-order chi connectivity index (χ1) is 29.2. The van der Waals surface area contributed by atoms with E-state index in [1.165, 1.54) is 88.3 Å². The fourth-order valence-electron chi connectivity index (χ4n) is 11.1. The minimum absolute atomic E-state index is 0.540. The lowest BCUT2D eigenvalue weighted by atomic mass is 9.69. The molecule has 2 aromatic heterocycles. The third-order valence-corrected chi connectivity index (χ3v) is 13.4. The Balaban J connectivity index is 1.12. The highest BCUT2D eigenvalue weighted by molar-refractivity contribution is 6.17. The summed E-state index contributed by atoms with van der Waals surface area (Å²) >= 11 is 0. The van der Waals surface area contributed by atoms with E-state index in [2.05, 4.69) is 188 Å². The van der Waals surface area contributed by atoms with Crippen LogP contribution in [-0.4, -0.2) is 0 Å². The van der Waals surface area contributed by atoms with Gasteiger partial charge in [-0.25, -0.2) is 0 Å². The largest absolute Gasteiger partial charge is 0.456 e. The van der Waals surface area contributed by atoms with Gasteiger partial charge >= 0.3 is 0 Å². The van der Waals surface area contributed by atoms with Crippen molar-refractivity contribution in [2.75, 3.05) is 0 Å². The molecular weight excluding hydrogens is 717 g/mol. The van der Waals surface area contributed by atoms with Crippen molar-refractivity contribution in [2.45, 2.75) is 5.41 Å². The first kappa shape index (κ1) is 31.4. The Morgan fingerprint density at radius 3 is 1.75 bits per heavy atom. The fraction of sp³-hybridized carbons (Fsp3) is 0.0175. The van der Waals surface area contributed by atoms with Crippen LogP contribution in [0.25, 0.3) is 110 Å². The number of benzene rings is 10. The van der Waals surface area contributed by atoms with E-state index in [4.69, 9.17) is 8.83 Å². The summed E-state index contributed by atoms with van der Waals surface area (Å²) in [5.74, 6) is 0. The van der Waals surface area contributed by atoms with E-state index in [-0.39, 0.29) is 0 Å². The first-order valence-electron chi connectivity index (χ1n) is 20.4. The minimum atomic E-state index is -0.540. The molecule has 14 rings (SSSR count). The number of hydrogen-bond donors (Lipinski definition) is 0. The second kappa shape index (κ2) is 11.2. The Morgan fingerprint density at radius 1 is 0.288 bits per heavy atom. The lowest BCUT2D eigenvalue weighted by Crippen LogP contribution is -2.26. The maximum absolute atomic E-state index is 6.61. The second-order valence-electron chi connectivity index (χ2n) is 16.3. The van der Waals surface area contributed by atoms with E-state index in [9.17, 15) is 0 Å². The third-order valence-electron chi connectivity index (χ3n) is 13.4. The second-order valence-corrected chi connectivity index (χ2v) is 16.3. The molecule has 0 saturated heterocycles. The van der Waals surface area contributed by atoms with Crippen LogP contribution < -0.4 is 0 Å². The number of hydrogen-bond acceptors (Lipinski definition) is 2. The summed E-state index contributed by atoms with van der Waals surface area (Å²) < 4.78 is 13.0. The van der Waals surface area contributed by atoms with Crippen molar-refractivity contribution in [3.63, 3.8) is 0 Å². The van der Waals surface area contributed by atoms with Crippen molar-refractivity contribution in [3.05, 3.63) is 216 Å². The molecule has 272 valence electrons. The molecule has 0 amide bonds. The Hall–Kier alpha value is -7.68. The summed E-state index contributed by atoms with van der Waals surface area (Å²) in [5.41, 5.74) is 18.3. The van der Waals surface area contributed by atoms with Gasteiger partial charge in [0.05, 0.1) is 5.41 Å².